The molecule has 5 nitrogen and oxygen atoms in total. The number of rotatable bonds is 8. The van der Waals surface area contributed by atoms with Gasteiger partial charge in [-0.1, -0.05) is 61.0 Å². The van der Waals surface area contributed by atoms with Crippen LogP contribution in [0, 0.1) is 5.82 Å². The topological polar surface area (TPSA) is 55.2 Å². The van der Waals surface area contributed by atoms with Crippen LogP contribution in [0.2, 0.25) is 5.02 Å². The van der Waals surface area contributed by atoms with Crippen LogP contribution < -0.4 is 5.56 Å². The number of aromatic nitrogens is 2. The fourth-order valence-electron chi connectivity index (χ4n) is 4.40. The minimum absolute atomic E-state index is 0.0192. The van der Waals surface area contributed by atoms with E-state index in [-0.39, 0.29) is 16.5 Å². The first-order valence-electron chi connectivity index (χ1n) is 11.7. The molecule has 180 valence electrons. The zero-order valence-electron chi connectivity index (χ0n) is 19.7. The fraction of sp³-hybridized carbons (Fsp3) is 0.250. The van der Waals surface area contributed by atoms with E-state index in [2.05, 4.69) is 0 Å². The molecule has 7 heteroatoms. The van der Waals surface area contributed by atoms with E-state index >= 15 is 0 Å². The second kappa shape index (κ2) is 10.8. The summed E-state index contributed by atoms with van der Waals surface area (Å²) in [5, 5.41) is 0.345. The molecule has 0 aliphatic rings. The normalized spacial score (nSPS) is 12.0. The average Bonchev–Trinajstić information content (AvgIpc) is 2.88. The van der Waals surface area contributed by atoms with E-state index in [1.165, 1.54) is 22.8 Å². The highest BCUT2D eigenvalue weighted by Crippen LogP contribution is 2.28. The molecule has 0 aliphatic heterocycles. The number of halogens is 2. The highest BCUT2D eigenvalue weighted by molar-refractivity contribution is 6.30. The zero-order valence-corrected chi connectivity index (χ0v) is 20.5. The Hall–Kier alpha value is -3.51. The van der Waals surface area contributed by atoms with Gasteiger partial charge >= 0.3 is 0 Å². The summed E-state index contributed by atoms with van der Waals surface area (Å²) in [7, 11) is 0. The van der Waals surface area contributed by atoms with Gasteiger partial charge in [-0.2, -0.15) is 0 Å². The maximum atomic E-state index is 13.9. The Morgan fingerprint density at radius 3 is 2.46 bits per heavy atom. The summed E-state index contributed by atoms with van der Waals surface area (Å²) in [6.07, 6.45) is 1.51. The van der Waals surface area contributed by atoms with Gasteiger partial charge in [0.2, 0.25) is 5.91 Å². The Labute approximate surface area is 208 Å². The van der Waals surface area contributed by atoms with Crippen LogP contribution in [-0.4, -0.2) is 26.9 Å². The third-order valence-corrected chi connectivity index (χ3v) is 6.45. The van der Waals surface area contributed by atoms with Crippen molar-refractivity contribution in [3.63, 3.8) is 0 Å². The van der Waals surface area contributed by atoms with E-state index in [4.69, 9.17) is 16.6 Å². The molecule has 0 saturated heterocycles. The minimum atomic E-state index is -0.572. The molecule has 1 amide bonds. The standard InChI is InChI=1S/C28H27ClFN3O2/c1-3-25(32(4-2)26(34)17-14-19-10-6-5-7-11-19)27-31-24-13-9-8-12-21(24)28(35)33(27)20-15-16-23(30)22(29)18-20/h5-13,15-16,18,25H,3-4,14,17H2,1-2H3. The first-order chi connectivity index (χ1) is 16.9. The quantitative estimate of drug-likeness (QED) is 0.299. The smallest absolute Gasteiger partial charge is 0.266 e. The third-order valence-electron chi connectivity index (χ3n) is 6.16. The molecule has 1 atom stereocenters. The van der Waals surface area contributed by atoms with Gasteiger partial charge in [-0.3, -0.25) is 14.2 Å². The van der Waals surface area contributed by atoms with Gasteiger partial charge in [-0.15, -0.1) is 0 Å². The molecule has 35 heavy (non-hydrogen) atoms. The molecule has 1 heterocycles. The van der Waals surface area contributed by atoms with Crippen LogP contribution >= 0.6 is 11.6 Å². The molecule has 0 spiro atoms. The van der Waals surface area contributed by atoms with Crippen molar-refractivity contribution in [3.8, 4) is 5.69 Å². The summed E-state index contributed by atoms with van der Waals surface area (Å²) in [5.41, 5.74) is 1.75. The van der Waals surface area contributed by atoms with E-state index in [0.29, 0.717) is 48.2 Å². The highest BCUT2D eigenvalue weighted by Gasteiger charge is 2.28. The summed E-state index contributed by atoms with van der Waals surface area (Å²) in [6, 6.07) is 20.6. The van der Waals surface area contributed by atoms with Crippen molar-refractivity contribution in [2.75, 3.05) is 6.54 Å². The van der Waals surface area contributed by atoms with E-state index < -0.39 is 11.9 Å². The van der Waals surface area contributed by atoms with E-state index in [1.54, 1.807) is 23.1 Å². The van der Waals surface area contributed by atoms with Crippen molar-refractivity contribution in [3.05, 3.63) is 105 Å². The van der Waals surface area contributed by atoms with Crippen molar-refractivity contribution in [2.24, 2.45) is 0 Å². The lowest BCUT2D eigenvalue weighted by atomic mass is 10.1. The Balaban J connectivity index is 1.81. The summed E-state index contributed by atoms with van der Waals surface area (Å²) >= 11 is 6.06. The second-order valence-corrected chi connectivity index (χ2v) is 8.72. The van der Waals surface area contributed by atoms with Crippen LogP contribution in [0.4, 0.5) is 4.39 Å². The number of carbonyl (C=O) groups is 1. The van der Waals surface area contributed by atoms with Crippen LogP contribution in [0.5, 0.6) is 0 Å². The minimum Gasteiger partial charge on any atom is -0.333 e. The van der Waals surface area contributed by atoms with Crippen LogP contribution in [0.1, 0.15) is 44.1 Å². The predicted octanol–water partition coefficient (Wildman–Crippen LogP) is 6.11. The number of para-hydroxylation sites is 1. The molecule has 1 aromatic heterocycles. The van der Waals surface area contributed by atoms with E-state index in [1.807, 2.05) is 50.2 Å². The number of benzene rings is 3. The molecular weight excluding hydrogens is 465 g/mol. The lowest BCUT2D eigenvalue weighted by molar-refractivity contribution is -0.133. The number of hydrogen-bond donors (Lipinski definition) is 0. The highest BCUT2D eigenvalue weighted by atomic mass is 35.5. The van der Waals surface area contributed by atoms with Gasteiger partial charge < -0.3 is 4.90 Å². The number of amides is 1. The lowest BCUT2D eigenvalue weighted by Crippen LogP contribution is -2.38. The number of aryl methyl sites for hydroxylation is 1. The van der Waals surface area contributed by atoms with Crippen molar-refractivity contribution in [1.82, 2.24) is 14.5 Å². The van der Waals surface area contributed by atoms with Crippen LogP contribution in [-0.2, 0) is 11.2 Å². The molecule has 4 aromatic rings. The van der Waals surface area contributed by atoms with Crippen molar-refractivity contribution >= 4 is 28.4 Å². The average molecular weight is 492 g/mol. The molecule has 1 unspecified atom stereocenters. The molecule has 3 aromatic carbocycles. The molecule has 0 radical (unpaired) electrons. The van der Waals surface area contributed by atoms with Crippen LogP contribution in [0.25, 0.3) is 16.6 Å². The van der Waals surface area contributed by atoms with E-state index in [0.717, 1.165) is 5.56 Å². The Morgan fingerprint density at radius 2 is 1.77 bits per heavy atom. The van der Waals surface area contributed by atoms with Crippen LogP contribution in [0.15, 0.2) is 77.6 Å². The number of carbonyl (C=O) groups excluding carboxylic acids is 1. The van der Waals surface area contributed by atoms with Crippen LogP contribution in [0.3, 0.4) is 0 Å². The second-order valence-electron chi connectivity index (χ2n) is 8.32. The van der Waals surface area contributed by atoms with Gasteiger partial charge in [0, 0.05) is 13.0 Å². The summed E-state index contributed by atoms with van der Waals surface area (Å²) in [6.45, 7) is 4.33. The summed E-state index contributed by atoms with van der Waals surface area (Å²) in [5.74, 6) is -0.167. The van der Waals surface area contributed by atoms with Gasteiger partial charge in [0.15, 0.2) is 0 Å². The van der Waals surface area contributed by atoms with E-state index in [9.17, 15) is 14.0 Å². The SMILES string of the molecule is CCC(c1nc2ccccc2c(=O)n1-c1ccc(F)c(Cl)c1)N(CC)C(=O)CCc1ccccc1. The molecular formula is C28H27ClFN3O2. The van der Waals surface area contributed by atoms with Gasteiger partial charge in [-0.05, 0) is 55.7 Å². The lowest BCUT2D eigenvalue weighted by Gasteiger charge is -2.31. The van der Waals surface area contributed by atoms with Gasteiger partial charge in [0.1, 0.15) is 11.6 Å². The van der Waals surface area contributed by atoms with Gasteiger partial charge in [-0.25, -0.2) is 9.37 Å². The third kappa shape index (κ3) is 5.13. The maximum Gasteiger partial charge on any atom is 0.266 e. The molecule has 0 N–H and O–H groups in total. The number of nitrogens with zero attached hydrogens (tertiary/aromatic N) is 3. The van der Waals surface area contributed by atoms with Gasteiger partial charge in [0.05, 0.1) is 27.7 Å². The largest absolute Gasteiger partial charge is 0.333 e. The monoisotopic (exact) mass is 491 g/mol. The van der Waals surface area contributed by atoms with Gasteiger partial charge in [0.25, 0.3) is 5.56 Å². The molecule has 4 rings (SSSR count). The fourth-order valence-corrected chi connectivity index (χ4v) is 4.57. The van der Waals surface area contributed by atoms with Crippen molar-refractivity contribution in [2.45, 2.75) is 39.2 Å². The summed E-state index contributed by atoms with van der Waals surface area (Å²) in [4.78, 5) is 33.6. The first kappa shape index (κ1) is 24.6. The molecule has 0 fully saturated rings. The Morgan fingerprint density at radius 1 is 1.06 bits per heavy atom. The van der Waals surface area contributed by atoms with Crippen molar-refractivity contribution in [1.29, 1.82) is 0 Å². The molecule has 0 bridgehead atoms. The maximum absolute atomic E-state index is 13.9. The predicted molar refractivity (Wildman–Crippen MR) is 137 cm³/mol. The molecule has 0 aliphatic carbocycles. The Bertz CT molecular complexity index is 1400. The van der Waals surface area contributed by atoms with Crippen molar-refractivity contribution < 1.29 is 9.18 Å². The first-order valence-corrected chi connectivity index (χ1v) is 12.1. The number of hydrogen-bond acceptors (Lipinski definition) is 3. The number of fused-ring (bicyclic) bond motifs is 1. The summed E-state index contributed by atoms with van der Waals surface area (Å²) < 4.78 is 15.4. The Kier molecular flexibility index (Phi) is 7.61. The molecule has 0 saturated carbocycles. The zero-order chi connectivity index (χ0) is 24.9.